The zero-order valence-corrected chi connectivity index (χ0v) is 16.0. The largest absolute Gasteiger partial charge is 0.471 e. The molecule has 156 valence electrons. The Morgan fingerprint density at radius 2 is 1.93 bits per heavy atom. The second-order valence-electron chi connectivity index (χ2n) is 8.43. The third-order valence-electron chi connectivity index (χ3n) is 6.62. The van der Waals surface area contributed by atoms with Gasteiger partial charge >= 0.3 is 12.1 Å². The number of rotatable bonds is 2. The van der Waals surface area contributed by atoms with Crippen molar-refractivity contribution >= 4 is 11.6 Å². The van der Waals surface area contributed by atoms with Crippen molar-refractivity contribution in [3.05, 3.63) is 53.9 Å². The Kier molecular flexibility index (Phi) is 4.64. The van der Waals surface area contributed by atoms with Crippen LogP contribution < -0.4 is 21.7 Å². The van der Waals surface area contributed by atoms with Crippen LogP contribution in [0.2, 0.25) is 0 Å². The number of benzene rings is 1. The number of carbonyl (C=O) groups excluding carboxylic acids is 1. The SMILES string of the molecule is NC1=CC=CNC1(N)CC1CCC2(CC1)CN(C(=O)C(F)(F)F)c1ccccc12. The van der Waals surface area contributed by atoms with Crippen LogP contribution in [0.3, 0.4) is 0 Å². The average Bonchev–Trinajstić information content (AvgIpc) is 2.99. The van der Waals surface area contributed by atoms with Crippen LogP contribution in [-0.2, 0) is 10.2 Å². The number of amides is 1. The second-order valence-corrected chi connectivity index (χ2v) is 8.43. The number of dihydropyridines is 1. The van der Waals surface area contributed by atoms with Crippen LogP contribution in [0.1, 0.15) is 37.7 Å². The molecule has 1 aromatic rings. The number of alkyl halides is 3. The highest BCUT2D eigenvalue weighted by Crippen LogP contribution is 2.51. The number of hydrogen-bond acceptors (Lipinski definition) is 4. The second kappa shape index (κ2) is 6.79. The lowest BCUT2D eigenvalue weighted by Crippen LogP contribution is -2.57. The van der Waals surface area contributed by atoms with Crippen molar-refractivity contribution < 1.29 is 18.0 Å². The minimum absolute atomic E-state index is 0.0776. The predicted octanol–water partition coefficient (Wildman–Crippen LogP) is 3.03. The van der Waals surface area contributed by atoms with Crippen LogP contribution in [0.25, 0.3) is 0 Å². The van der Waals surface area contributed by atoms with Gasteiger partial charge in [0.1, 0.15) is 5.66 Å². The van der Waals surface area contributed by atoms with E-state index in [1.54, 1.807) is 30.5 Å². The molecule has 1 aliphatic carbocycles. The number of nitrogens with zero attached hydrogens (tertiary/aromatic N) is 1. The van der Waals surface area contributed by atoms with Crippen molar-refractivity contribution in [3.8, 4) is 0 Å². The summed E-state index contributed by atoms with van der Waals surface area (Å²) in [7, 11) is 0. The molecule has 0 bridgehead atoms. The standard InChI is InChI=1S/C21H25F3N4O/c22-21(23,24)18(29)28-13-19(15-4-1-2-5-16(15)28)9-7-14(8-10-19)12-20(26)17(25)6-3-11-27-20/h1-6,11,14,27H,7-10,12-13,25-26H2. The highest BCUT2D eigenvalue weighted by molar-refractivity contribution is 5.99. The maximum Gasteiger partial charge on any atom is 0.471 e. The molecule has 1 unspecified atom stereocenters. The van der Waals surface area contributed by atoms with Crippen molar-refractivity contribution in [2.45, 2.75) is 49.4 Å². The highest BCUT2D eigenvalue weighted by atomic mass is 19.4. The quantitative estimate of drug-likeness (QED) is 0.705. The Balaban J connectivity index is 1.52. The number of para-hydroxylation sites is 1. The average molecular weight is 406 g/mol. The Bertz CT molecular complexity index is 871. The summed E-state index contributed by atoms with van der Waals surface area (Å²) in [5.74, 6) is -1.49. The molecule has 1 atom stereocenters. The zero-order valence-electron chi connectivity index (χ0n) is 16.0. The summed E-state index contributed by atoms with van der Waals surface area (Å²) >= 11 is 0. The lowest BCUT2D eigenvalue weighted by atomic mass is 9.66. The van der Waals surface area contributed by atoms with E-state index in [1.807, 2.05) is 12.1 Å². The van der Waals surface area contributed by atoms with Gasteiger partial charge in [-0.2, -0.15) is 13.2 Å². The van der Waals surface area contributed by atoms with E-state index < -0.39 is 23.2 Å². The number of fused-ring (bicyclic) bond motifs is 2. The van der Waals surface area contributed by atoms with Crippen molar-refractivity contribution in [1.29, 1.82) is 0 Å². The van der Waals surface area contributed by atoms with Crippen molar-refractivity contribution in [1.82, 2.24) is 5.32 Å². The molecule has 4 rings (SSSR count). The summed E-state index contributed by atoms with van der Waals surface area (Å²) < 4.78 is 39.4. The van der Waals surface area contributed by atoms with Gasteiger partial charge in [-0.1, -0.05) is 18.2 Å². The number of anilines is 1. The summed E-state index contributed by atoms with van der Waals surface area (Å²) in [6.45, 7) is 0.0776. The van der Waals surface area contributed by atoms with E-state index in [0.717, 1.165) is 23.3 Å². The normalized spacial score (nSPS) is 31.4. The number of hydrogen-bond donors (Lipinski definition) is 3. The highest BCUT2D eigenvalue weighted by Gasteiger charge is 2.52. The predicted molar refractivity (Wildman–Crippen MR) is 105 cm³/mol. The molecular formula is C21H25F3N4O. The molecule has 1 spiro atoms. The fourth-order valence-corrected chi connectivity index (χ4v) is 5.04. The lowest BCUT2D eigenvalue weighted by molar-refractivity contribution is -0.170. The minimum Gasteiger partial charge on any atom is -0.399 e. The molecule has 2 heterocycles. The molecule has 5 N–H and O–H groups in total. The van der Waals surface area contributed by atoms with Gasteiger partial charge in [-0.05, 0) is 68.0 Å². The Hall–Kier alpha value is -2.48. The van der Waals surface area contributed by atoms with Gasteiger partial charge in [0.2, 0.25) is 0 Å². The molecule has 0 radical (unpaired) electrons. The topological polar surface area (TPSA) is 84.4 Å². The number of carbonyl (C=O) groups is 1. The molecular weight excluding hydrogens is 381 g/mol. The van der Waals surface area contributed by atoms with Gasteiger partial charge in [0.15, 0.2) is 0 Å². The molecule has 2 aliphatic heterocycles. The van der Waals surface area contributed by atoms with Crippen LogP contribution in [0.15, 0.2) is 48.3 Å². The summed E-state index contributed by atoms with van der Waals surface area (Å²) in [6, 6.07) is 6.97. The van der Waals surface area contributed by atoms with Gasteiger partial charge in [0.25, 0.3) is 0 Å². The zero-order chi connectivity index (χ0) is 20.9. The molecule has 1 saturated carbocycles. The lowest BCUT2D eigenvalue weighted by Gasteiger charge is -2.41. The third-order valence-corrected chi connectivity index (χ3v) is 6.62. The fraction of sp³-hybridized carbons (Fsp3) is 0.476. The van der Waals surface area contributed by atoms with Crippen molar-refractivity contribution in [3.63, 3.8) is 0 Å². The number of nitrogens with one attached hydrogen (secondary N) is 1. The van der Waals surface area contributed by atoms with Crippen LogP contribution in [0, 0.1) is 5.92 Å². The minimum atomic E-state index is -4.88. The summed E-state index contributed by atoms with van der Waals surface area (Å²) in [5.41, 5.74) is 13.1. The van der Waals surface area contributed by atoms with Crippen LogP contribution >= 0.6 is 0 Å². The maximum atomic E-state index is 13.1. The molecule has 8 heteroatoms. The van der Waals surface area contributed by atoms with Crippen LogP contribution in [-0.4, -0.2) is 24.3 Å². The van der Waals surface area contributed by atoms with E-state index in [4.69, 9.17) is 11.5 Å². The molecule has 0 saturated heterocycles. The van der Waals surface area contributed by atoms with E-state index in [0.29, 0.717) is 36.6 Å². The van der Waals surface area contributed by atoms with Gasteiger partial charge in [-0.15, -0.1) is 0 Å². The molecule has 5 nitrogen and oxygen atoms in total. The Morgan fingerprint density at radius 3 is 2.59 bits per heavy atom. The summed E-state index contributed by atoms with van der Waals surface area (Å²) in [5, 5.41) is 3.13. The number of allylic oxidation sites excluding steroid dienone is 2. The summed E-state index contributed by atoms with van der Waals surface area (Å²) in [4.78, 5) is 12.9. The summed E-state index contributed by atoms with van der Waals surface area (Å²) in [6.07, 6.45) is 4.20. The first-order valence-corrected chi connectivity index (χ1v) is 9.82. The van der Waals surface area contributed by atoms with E-state index in [1.165, 1.54) is 0 Å². The third kappa shape index (κ3) is 3.39. The van der Waals surface area contributed by atoms with Gasteiger partial charge in [0, 0.05) is 23.3 Å². The van der Waals surface area contributed by atoms with Crippen molar-refractivity contribution in [2.24, 2.45) is 17.4 Å². The molecule has 3 aliphatic rings. The smallest absolute Gasteiger partial charge is 0.399 e. The number of halogens is 3. The monoisotopic (exact) mass is 406 g/mol. The Morgan fingerprint density at radius 1 is 1.24 bits per heavy atom. The fourth-order valence-electron chi connectivity index (χ4n) is 5.04. The molecule has 1 aromatic carbocycles. The van der Waals surface area contributed by atoms with Gasteiger partial charge in [0.05, 0.1) is 0 Å². The molecule has 1 fully saturated rings. The first kappa shape index (κ1) is 19.8. The molecule has 0 aromatic heterocycles. The first-order chi connectivity index (χ1) is 13.6. The van der Waals surface area contributed by atoms with Crippen LogP contribution in [0.5, 0.6) is 0 Å². The van der Waals surface area contributed by atoms with E-state index in [2.05, 4.69) is 5.32 Å². The van der Waals surface area contributed by atoms with Gasteiger partial charge in [-0.25, -0.2) is 0 Å². The van der Waals surface area contributed by atoms with Gasteiger partial charge < -0.3 is 21.7 Å². The van der Waals surface area contributed by atoms with E-state index in [-0.39, 0.29) is 6.54 Å². The van der Waals surface area contributed by atoms with Crippen molar-refractivity contribution in [2.75, 3.05) is 11.4 Å². The van der Waals surface area contributed by atoms with E-state index in [9.17, 15) is 18.0 Å². The van der Waals surface area contributed by atoms with Crippen LogP contribution in [0.4, 0.5) is 18.9 Å². The van der Waals surface area contributed by atoms with E-state index >= 15 is 0 Å². The van der Waals surface area contributed by atoms with Gasteiger partial charge in [-0.3, -0.25) is 4.79 Å². The first-order valence-electron chi connectivity index (χ1n) is 9.82. The molecule has 29 heavy (non-hydrogen) atoms. The maximum absolute atomic E-state index is 13.1. The molecule has 1 amide bonds. The Labute approximate surface area is 167 Å². The number of nitrogens with two attached hydrogens (primary N) is 2.